The van der Waals surface area contributed by atoms with Crippen molar-refractivity contribution in [1.82, 2.24) is 10.3 Å². The van der Waals surface area contributed by atoms with Crippen LogP contribution < -0.4 is 10.2 Å². The summed E-state index contributed by atoms with van der Waals surface area (Å²) in [5, 5.41) is 3.51. The van der Waals surface area contributed by atoms with E-state index in [4.69, 9.17) is 0 Å². The van der Waals surface area contributed by atoms with Gasteiger partial charge in [0.25, 0.3) is 0 Å². The first-order chi connectivity index (χ1) is 8.76. The molecule has 94 valence electrons. The lowest BCUT2D eigenvalue weighted by molar-refractivity contribution is -0.120. The minimum absolute atomic E-state index is 0.0805. The molecule has 0 spiro atoms. The molecule has 0 saturated carbocycles. The monoisotopic (exact) mass is 245 g/mol. The first-order valence-electron chi connectivity index (χ1n) is 5.75. The van der Waals surface area contributed by atoms with E-state index in [1.165, 1.54) is 0 Å². The maximum Gasteiger partial charge on any atom is 0.221 e. The first kappa shape index (κ1) is 12.2. The van der Waals surface area contributed by atoms with Crippen molar-refractivity contribution in [3.63, 3.8) is 0 Å². The van der Waals surface area contributed by atoms with Crippen molar-refractivity contribution in [2.24, 2.45) is 0 Å². The number of anilines is 1. The maximum absolute atomic E-state index is 11.2. The van der Waals surface area contributed by atoms with E-state index in [1.54, 1.807) is 11.9 Å². The molecule has 0 bridgehead atoms. The van der Waals surface area contributed by atoms with E-state index in [1.807, 2.05) is 30.5 Å². The van der Waals surface area contributed by atoms with Crippen molar-refractivity contribution in [2.75, 3.05) is 18.5 Å². The number of H-pyrrole nitrogens is 1. The van der Waals surface area contributed by atoms with Gasteiger partial charge in [-0.25, -0.2) is 0 Å². The predicted molar refractivity (Wildman–Crippen MR) is 70.4 cm³/mol. The number of rotatable bonds is 5. The number of hydrogen-bond acceptors (Lipinski definition) is 2. The average Bonchev–Trinajstić information content (AvgIpc) is 2.88. The minimum atomic E-state index is -0.0805. The zero-order valence-corrected chi connectivity index (χ0v) is 10.1. The van der Waals surface area contributed by atoms with Crippen molar-refractivity contribution in [1.29, 1.82) is 0 Å². The summed E-state index contributed by atoms with van der Waals surface area (Å²) in [6, 6.07) is 7.61. The van der Waals surface area contributed by atoms with Gasteiger partial charge in [-0.15, -0.1) is 0 Å². The van der Waals surface area contributed by atoms with Crippen molar-refractivity contribution >= 4 is 28.9 Å². The van der Waals surface area contributed by atoms with Crippen LogP contribution in [0, 0.1) is 0 Å². The van der Waals surface area contributed by atoms with Gasteiger partial charge < -0.3 is 15.2 Å². The Hall–Kier alpha value is -2.30. The van der Waals surface area contributed by atoms with E-state index in [0.29, 0.717) is 6.54 Å². The number of nitrogens with one attached hydrogen (secondary N) is 2. The number of nitrogens with zero attached hydrogens (tertiary/aromatic N) is 1. The van der Waals surface area contributed by atoms with Gasteiger partial charge in [-0.1, -0.05) is 6.07 Å². The highest BCUT2D eigenvalue weighted by Crippen LogP contribution is 2.25. The lowest BCUT2D eigenvalue weighted by Gasteiger charge is -2.17. The van der Waals surface area contributed by atoms with E-state index < -0.39 is 0 Å². The van der Waals surface area contributed by atoms with Crippen LogP contribution in [0.3, 0.4) is 0 Å². The Kier molecular flexibility index (Phi) is 3.62. The minimum Gasteiger partial charge on any atom is -0.361 e. The molecule has 18 heavy (non-hydrogen) atoms. The molecule has 5 heteroatoms. The van der Waals surface area contributed by atoms with Gasteiger partial charge in [-0.3, -0.25) is 9.59 Å². The third kappa shape index (κ3) is 2.34. The summed E-state index contributed by atoms with van der Waals surface area (Å²) < 4.78 is 0. The van der Waals surface area contributed by atoms with Crippen molar-refractivity contribution in [3.05, 3.63) is 30.5 Å². The van der Waals surface area contributed by atoms with E-state index in [9.17, 15) is 9.59 Å². The van der Waals surface area contributed by atoms with Crippen molar-refractivity contribution in [2.45, 2.75) is 6.42 Å². The second kappa shape index (κ2) is 5.35. The van der Waals surface area contributed by atoms with Crippen LogP contribution in [-0.2, 0) is 9.59 Å². The maximum atomic E-state index is 11.2. The molecule has 2 amide bonds. The summed E-state index contributed by atoms with van der Waals surface area (Å²) in [4.78, 5) is 27.0. The predicted octanol–water partition coefficient (Wildman–Crippen LogP) is 1.27. The molecule has 0 atom stereocenters. The molecule has 0 aliphatic carbocycles. The molecule has 1 aromatic carbocycles. The van der Waals surface area contributed by atoms with Crippen LogP contribution in [0.4, 0.5) is 5.69 Å². The molecule has 2 N–H and O–H groups in total. The molecule has 5 nitrogen and oxygen atoms in total. The molecule has 2 rings (SSSR count). The van der Waals surface area contributed by atoms with Gasteiger partial charge in [0.2, 0.25) is 12.3 Å². The quantitative estimate of drug-likeness (QED) is 0.779. The largest absolute Gasteiger partial charge is 0.361 e. The number of hydrogen-bond donors (Lipinski definition) is 2. The van der Waals surface area contributed by atoms with Crippen molar-refractivity contribution in [3.8, 4) is 0 Å². The highest BCUT2D eigenvalue weighted by molar-refractivity contribution is 5.97. The molecule has 0 fully saturated rings. The van der Waals surface area contributed by atoms with E-state index in [2.05, 4.69) is 10.3 Å². The number of fused-ring (bicyclic) bond motifs is 1. The normalized spacial score (nSPS) is 10.3. The molecular weight excluding hydrogens is 230 g/mol. The zero-order valence-electron chi connectivity index (χ0n) is 10.1. The molecule has 1 heterocycles. The number of benzene rings is 1. The van der Waals surface area contributed by atoms with E-state index in [0.717, 1.165) is 23.0 Å². The molecular formula is C13H15N3O2. The van der Waals surface area contributed by atoms with Crippen LogP contribution in [-0.4, -0.2) is 30.9 Å². The van der Waals surface area contributed by atoms with Crippen LogP contribution in [0.25, 0.3) is 10.9 Å². The zero-order chi connectivity index (χ0) is 13.0. The standard InChI is InChI=1S/C13H15N3O2/c1-14-13(18)6-8-16(9-17)12-4-2-3-11-10(12)5-7-15-11/h2-5,7,9,15H,6,8H2,1H3,(H,14,18). The van der Waals surface area contributed by atoms with Crippen LogP contribution in [0.5, 0.6) is 0 Å². The Labute approximate surface area is 105 Å². The smallest absolute Gasteiger partial charge is 0.221 e. The van der Waals surface area contributed by atoms with Gasteiger partial charge in [0.05, 0.1) is 5.69 Å². The third-order valence-electron chi connectivity index (χ3n) is 2.87. The Balaban J connectivity index is 2.24. The summed E-state index contributed by atoms with van der Waals surface area (Å²) >= 11 is 0. The van der Waals surface area contributed by atoms with Crippen LogP contribution in [0.2, 0.25) is 0 Å². The number of aromatic amines is 1. The summed E-state index contributed by atoms with van der Waals surface area (Å²) in [7, 11) is 1.58. The van der Waals surface area contributed by atoms with Crippen molar-refractivity contribution < 1.29 is 9.59 Å². The Morgan fingerprint density at radius 1 is 1.44 bits per heavy atom. The first-order valence-corrected chi connectivity index (χ1v) is 5.75. The van der Waals surface area contributed by atoms with Gasteiger partial charge >= 0.3 is 0 Å². The average molecular weight is 245 g/mol. The summed E-state index contributed by atoms with van der Waals surface area (Å²) in [6.45, 7) is 0.369. The number of aromatic nitrogens is 1. The van der Waals surface area contributed by atoms with Crippen LogP contribution in [0.1, 0.15) is 6.42 Å². The molecule has 0 unspecified atom stereocenters. The summed E-state index contributed by atoms with van der Waals surface area (Å²) in [6.07, 6.45) is 2.87. The lowest BCUT2D eigenvalue weighted by atomic mass is 10.2. The number of amides is 2. The fraction of sp³-hybridized carbons (Fsp3) is 0.231. The highest BCUT2D eigenvalue weighted by atomic mass is 16.2. The van der Waals surface area contributed by atoms with Gasteiger partial charge in [0, 0.05) is 37.1 Å². The third-order valence-corrected chi connectivity index (χ3v) is 2.87. The summed E-state index contributed by atoms with van der Waals surface area (Å²) in [5.41, 5.74) is 1.78. The van der Waals surface area contributed by atoms with E-state index in [-0.39, 0.29) is 12.3 Å². The SMILES string of the molecule is CNC(=O)CCN(C=O)c1cccc2[nH]ccc12. The second-order valence-electron chi connectivity index (χ2n) is 3.94. The molecule has 0 saturated heterocycles. The van der Waals surface area contributed by atoms with Gasteiger partial charge in [-0.05, 0) is 18.2 Å². The van der Waals surface area contributed by atoms with Gasteiger partial charge in [0.15, 0.2) is 0 Å². The van der Waals surface area contributed by atoms with E-state index >= 15 is 0 Å². The van der Waals surface area contributed by atoms with Crippen LogP contribution >= 0.6 is 0 Å². The summed E-state index contributed by atoms with van der Waals surface area (Å²) in [5.74, 6) is -0.0805. The highest BCUT2D eigenvalue weighted by Gasteiger charge is 2.11. The van der Waals surface area contributed by atoms with Crippen LogP contribution in [0.15, 0.2) is 30.5 Å². The fourth-order valence-corrected chi connectivity index (χ4v) is 1.90. The lowest BCUT2D eigenvalue weighted by Crippen LogP contribution is -2.28. The Bertz CT molecular complexity index is 562. The molecule has 0 aliphatic heterocycles. The topological polar surface area (TPSA) is 65.2 Å². The Morgan fingerprint density at radius 3 is 3.00 bits per heavy atom. The second-order valence-corrected chi connectivity index (χ2v) is 3.94. The molecule has 0 radical (unpaired) electrons. The molecule has 1 aromatic heterocycles. The number of carbonyl (C=O) groups is 2. The number of carbonyl (C=O) groups excluding carboxylic acids is 2. The Morgan fingerprint density at radius 2 is 2.28 bits per heavy atom. The van der Waals surface area contributed by atoms with Gasteiger partial charge in [-0.2, -0.15) is 0 Å². The fourth-order valence-electron chi connectivity index (χ4n) is 1.90. The van der Waals surface area contributed by atoms with Gasteiger partial charge in [0.1, 0.15) is 0 Å². The molecule has 0 aliphatic rings. The molecule has 2 aromatic rings.